The minimum absolute atomic E-state index is 0.202. The van der Waals surface area contributed by atoms with Crippen LogP contribution in [0.2, 0.25) is 5.02 Å². The van der Waals surface area contributed by atoms with Crippen molar-refractivity contribution in [3.05, 3.63) is 46.7 Å². The third kappa shape index (κ3) is 3.81. The van der Waals surface area contributed by atoms with Gasteiger partial charge in [-0.15, -0.1) is 0 Å². The van der Waals surface area contributed by atoms with Crippen molar-refractivity contribution in [1.82, 2.24) is 15.1 Å². The molecule has 112 valence electrons. The molecule has 6 nitrogen and oxygen atoms in total. The van der Waals surface area contributed by atoms with E-state index < -0.39 is 5.91 Å². The number of nitrogens with two attached hydrogens (primary N) is 1. The van der Waals surface area contributed by atoms with Crippen molar-refractivity contribution in [2.24, 2.45) is 5.73 Å². The molecule has 0 atom stereocenters. The molecule has 1 amide bonds. The maximum absolute atomic E-state index is 11.1. The first-order valence-corrected chi connectivity index (χ1v) is 6.84. The molecule has 0 fully saturated rings. The number of hydrogen-bond acceptors (Lipinski definition) is 4. The van der Waals surface area contributed by atoms with E-state index in [1.807, 2.05) is 12.1 Å². The Bertz CT molecular complexity index is 627. The second-order valence-corrected chi connectivity index (χ2v) is 4.83. The second-order valence-electron chi connectivity index (χ2n) is 4.43. The number of nitrogens with zero attached hydrogens (tertiary/aromatic N) is 2. The predicted octanol–water partition coefficient (Wildman–Crippen LogP) is 1.36. The topological polar surface area (TPSA) is 82.2 Å². The lowest BCUT2D eigenvalue weighted by Gasteiger charge is -2.12. The fourth-order valence-corrected chi connectivity index (χ4v) is 2.22. The standard InChI is InChI=1S/C14H17ClN4O2/c1-21-8-6-17-9-10-3-2-4-11(15)13(10)19-7-5-12(18-19)14(16)20/h2-5,7,17H,6,8-9H2,1H3,(H2,16,20). The van der Waals surface area contributed by atoms with Crippen LogP contribution < -0.4 is 11.1 Å². The average molecular weight is 309 g/mol. The number of para-hydroxylation sites is 1. The molecule has 0 saturated carbocycles. The SMILES string of the molecule is COCCNCc1cccc(Cl)c1-n1ccc(C(N)=O)n1. The van der Waals surface area contributed by atoms with Gasteiger partial charge in [-0.2, -0.15) is 5.10 Å². The van der Waals surface area contributed by atoms with Crippen LogP contribution in [0.3, 0.4) is 0 Å². The maximum Gasteiger partial charge on any atom is 0.269 e. The monoisotopic (exact) mass is 308 g/mol. The van der Waals surface area contributed by atoms with Crippen molar-refractivity contribution in [2.45, 2.75) is 6.54 Å². The van der Waals surface area contributed by atoms with Crippen molar-refractivity contribution in [2.75, 3.05) is 20.3 Å². The quantitative estimate of drug-likeness (QED) is 0.757. The maximum atomic E-state index is 11.1. The molecule has 0 radical (unpaired) electrons. The molecule has 0 spiro atoms. The fourth-order valence-electron chi connectivity index (χ4n) is 1.94. The first-order chi connectivity index (χ1) is 10.1. The largest absolute Gasteiger partial charge is 0.383 e. The van der Waals surface area contributed by atoms with E-state index >= 15 is 0 Å². The molecule has 0 saturated heterocycles. The Morgan fingerprint density at radius 1 is 1.48 bits per heavy atom. The lowest BCUT2D eigenvalue weighted by molar-refractivity contribution is 0.0995. The van der Waals surface area contributed by atoms with Crippen molar-refractivity contribution in [3.63, 3.8) is 0 Å². The number of primary amides is 1. The predicted molar refractivity (Wildman–Crippen MR) is 80.7 cm³/mol. The zero-order valence-corrected chi connectivity index (χ0v) is 12.4. The van der Waals surface area contributed by atoms with Crippen LogP contribution in [0.1, 0.15) is 16.1 Å². The Hall–Kier alpha value is -1.89. The second kappa shape index (κ2) is 7.21. The van der Waals surface area contributed by atoms with Crippen molar-refractivity contribution in [1.29, 1.82) is 0 Å². The summed E-state index contributed by atoms with van der Waals surface area (Å²) in [6, 6.07) is 7.17. The van der Waals surface area contributed by atoms with Crippen LogP contribution in [0.25, 0.3) is 5.69 Å². The van der Waals surface area contributed by atoms with Gasteiger partial charge in [-0.25, -0.2) is 4.68 Å². The molecule has 7 heteroatoms. The first-order valence-electron chi connectivity index (χ1n) is 6.46. The van der Waals surface area contributed by atoms with Gasteiger partial charge in [0.1, 0.15) is 5.69 Å². The highest BCUT2D eigenvalue weighted by Gasteiger charge is 2.12. The van der Waals surface area contributed by atoms with Crippen LogP contribution in [-0.2, 0) is 11.3 Å². The van der Waals surface area contributed by atoms with Gasteiger partial charge in [0.05, 0.1) is 17.3 Å². The molecule has 3 N–H and O–H groups in total. The molecule has 0 bridgehead atoms. The summed E-state index contributed by atoms with van der Waals surface area (Å²) in [6.45, 7) is 1.97. The molecule has 2 rings (SSSR count). The van der Waals surface area contributed by atoms with Crippen LogP contribution in [0.5, 0.6) is 0 Å². The number of rotatable bonds is 7. The van der Waals surface area contributed by atoms with Gasteiger partial charge in [0, 0.05) is 26.4 Å². The van der Waals surface area contributed by atoms with Crippen LogP contribution in [0.4, 0.5) is 0 Å². The van der Waals surface area contributed by atoms with Crippen molar-refractivity contribution < 1.29 is 9.53 Å². The van der Waals surface area contributed by atoms with Gasteiger partial charge in [-0.1, -0.05) is 23.7 Å². The highest BCUT2D eigenvalue weighted by atomic mass is 35.5. The summed E-state index contributed by atoms with van der Waals surface area (Å²) in [5.41, 5.74) is 7.13. The van der Waals surface area contributed by atoms with Gasteiger partial charge in [0.15, 0.2) is 0 Å². The Labute approximate surface area is 127 Å². The Kier molecular flexibility index (Phi) is 5.32. The Morgan fingerprint density at radius 3 is 2.95 bits per heavy atom. The van der Waals surface area contributed by atoms with E-state index in [2.05, 4.69) is 10.4 Å². The summed E-state index contributed by atoms with van der Waals surface area (Å²) in [6.07, 6.45) is 1.67. The highest BCUT2D eigenvalue weighted by Crippen LogP contribution is 2.24. The van der Waals surface area contributed by atoms with Crippen LogP contribution >= 0.6 is 11.6 Å². The van der Waals surface area contributed by atoms with Gasteiger partial charge >= 0.3 is 0 Å². The smallest absolute Gasteiger partial charge is 0.269 e. The first kappa shape index (κ1) is 15.5. The highest BCUT2D eigenvalue weighted by molar-refractivity contribution is 6.32. The number of ether oxygens (including phenoxy) is 1. The summed E-state index contributed by atoms with van der Waals surface area (Å²) < 4.78 is 6.56. The molecule has 2 aromatic rings. The summed E-state index contributed by atoms with van der Waals surface area (Å²) >= 11 is 6.26. The average Bonchev–Trinajstić information content (AvgIpc) is 2.93. The van der Waals surface area contributed by atoms with E-state index in [1.165, 1.54) is 0 Å². The lowest BCUT2D eigenvalue weighted by Crippen LogP contribution is -2.20. The molecule has 1 heterocycles. The molecule has 0 aliphatic carbocycles. The van der Waals surface area contributed by atoms with E-state index in [0.717, 1.165) is 17.8 Å². The molecule has 21 heavy (non-hydrogen) atoms. The molecule has 0 aliphatic heterocycles. The summed E-state index contributed by atoms with van der Waals surface area (Å²) in [7, 11) is 1.65. The minimum Gasteiger partial charge on any atom is -0.383 e. The van der Waals surface area contributed by atoms with Gasteiger partial charge in [-0.05, 0) is 17.7 Å². The van der Waals surface area contributed by atoms with Crippen LogP contribution in [0.15, 0.2) is 30.5 Å². The number of benzene rings is 1. The van der Waals surface area contributed by atoms with E-state index in [0.29, 0.717) is 18.2 Å². The third-order valence-electron chi connectivity index (χ3n) is 2.94. The summed E-state index contributed by atoms with van der Waals surface area (Å²) in [5, 5.41) is 7.96. The molecular weight excluding hydrogens is 292 g/mol. The van der Waals surface area contributed by atoms with Gasteiger partial charge in [-0.3, -0.25) is 4.79 Å². The number of methoxy groups -OCH3 is 1. The molecule has 0 unspecified atom stereocenters. The lowest BCUT2D eigenvalue weighted by atomic mass is 10.1. The molecule has 1 aromatic heterocycles. The molecule has 1 aromatic carbocycles. The van der Waals surface area contributed by atoms with Crippen molar-refractivity contribution >= 4 is 17.5 Å². The zero-order chi connectivity index (χ0) is 15.2. The van der Waals surface area contributed by atoms with Gasteiger partial charge in [0.25, 0.3) is 5.91 Å². The normalized spacial score (nSPS) is 10.8. The zero-order valence-electron chi connectivity index (χ0n) is 11.7. The van der Waals surface area contributed by atoms with Gasteiger partial charge in [0.2, 0.25) is 0 Å². The number of hydrogen-bond donors (Lipinski definition) is 2. The minimum atomic E-state index is -0.569. The van der Waals surface area contributed by atoms with E-state index in [9.17, 15) is 4.79 Å². The fraction of sp³-hybridized carbons (Fsp3) is 0.286. The molecular formula is C14H17ClN4O2. The number of nitrogens with one attached hydrogen (secondary N) is 1. The Balaban J connectivity index is 2.26. The number of carbonyl (C=O) groups is 1. The van der Waals surface area contributed by atoms with E-state index in [-0.39, 0.29) is 5.69 Å². The van der Waals surface area contributed by atoms with Gasteiger partial charge < -0.3 is 15.8 Å². The molecule has 0 aliphatic rings. The number of aromatic nitrogens is 2. The van der Waals surface area contributed by atoms with Crippen LogP contribution in [-0.4, -0.2) is 35.9 Å². The number of carbonyl (C=O) groups excluding carboxylic acids is 1. The third-order valence-corrected chi connectivity index (χ3v) is 3.24. The van der Waals surface area contributed by atoms with Crippen molar-refractivity contribution in [3.8, 4) is 5.69 Å². The van der Waals surface area contributed by atoms with E-state index in [4.69, 9.17) is 22.1 Å². The Morgan fingerprint density at radius 2 is 2.29 bits per heavy atom. The number of amides is 1. The number of halogens is 1. The van der Waals surface area contributed by atoms with E-state index in [1.54, 1.807) is 30.1 Å². The summed E-state index contributed by atoms with van der Waals surface area (Å²) in [5.74, 6) is -0.569. The summed E-state index contributed by atoms with van der Waals surface area (Å²) in [4.78, 5) is 11.1. The van der Waals surface area contributed by atoms with Crippen LogP contribution in [0, 0.1) is 0 Å².